The number of aromatic nitrogens is 3. The van der Waals surface area contributed by atoms with Crippen LogP contribution in [-0.2, 0) is 16.1 Å². The number of halogens is 1. The van der Waals surface area contributed by atoms with Crippen molar-refractivity contribution in [1.82, 2.24) is 15.1 Å². The van der Waals surface area contributed by atoms with Gasteiger partial charge in [-0.2, -0.15) is 4.98 Å². The number of benzene rings is 2. The Bertz CT molecular complexity index is 1420. The van der Waals surface area contributed by atoms with Crippen molar-refractivity contribution >= 4 is 23.4 Å². The Morgan fingerprint density at radius 1 is 1.19 bits per heavy atom. The normalized spacial score (nSPS) is 15.4. The topological polar surface area (TPSA) is 102 Å². The van der Waals surface area contributed by atoms with Gasteiger partial charge in [0, 0.05) is 31.0 Å². The standard InChI is InChI=1S/C27H25ClN4O4/c1-16-6-3-4-7-20(16)21-10-9-17(12-19(21)15-35-2)26-30-24(31-36-26)18-13-22(28)25(29-14-18)32-11-5-8-23(32)27(33)34/h3-4,6-7,9-10,12-14,23H,5,8,11,15H2,1-2H3,(H,33,34)/t23-/m0/s1. The molecule has 2 aromatic carbocycles. The summed E-state index contributed by atoms with van der Waals surface area (Å²) in [6, 6.07) is 15.3. The van der Waals surface area contributed by atoms with E-state index in [-0.39, 0.29) is 0 Å². The van der Waals surface area contributed by atoms with Crippen molar-refractivity contribution in [3.8, 4) is 34.0 Å². The molecule has 0 bridgehead atoms. The van der Waals surface area contributed by atoms with Crippen LogP contribution in [0.15, 0.2) is 59.3 Å². The first kappa shape index (κ1) is 24.0. The number of carboxylic acid groups (broad SMARTS) is 1. The van der Waals surface area contributed by atoms with Crippen LogP contribution in [0.25, 0.3) is 34.0 Å². The van der Waals surface area contributed by atoms with Crippen molar-refractivity contribution in [2.45, 2.75) is 32.4 Å². The molecule has 0 spiro atoms. The molecule has 0 unspecified atom stereocenters. The highest BCUT2D eigenvalue weighted by Gasteiger charge is 2.32. The molecule has 1 saturated heterocycles. The fourth-order valence-electron chi connectivity index (χ4n) is 4.64. The molecular formula is C27H25ClN4O4. The van der Waals surface area contributed by atoms with Crippen molar-refractivity contribution in [3.05, 3.63) is 70.9 Å². The maximum Gasteiger partial charge on any atom is 0.326 e. The summed E-state index contributed by atoms with van der Waals surface area (Å²) >= 11 is 6.50. The summed E-state index contributed by atoms with van der Waals surface area (Å²) in [6.07, 6.45) is 2.93. The van der Waals surface area contributed by atoms with Crippen LogP contribution < -0.4 is 4.90 Å². The number of aliphatic carboxylic acids is 1. The number of ether oxygens (including phenoxy) is 1. The number of carbonyl (C=O) groups is 1. The van der Waals surface area contributed by atoms with E-state index in [1.807, 2.05) is 30.3 Å². The largest absolute Gasteiger partial charge is 0.480 e. The van der Waals surface area contributed by atoms with Gasteiger partial charge in [0.2, 0.25) is 5.82 Å². The van der Waals surface area contributed by atoms with Gasteiger partial charge in [0.25, 0.3) is 5.89 Å². The monoisotopic (exact) mass is 504 g/mol. The molecule has 0 saturated carbocycles. The molecule has 184 valence electrons. The summed E-state index contributed by atoms with van der Waals surface area (Å²) in [5.41, 5.74) is 5.78. The first-order valence-corrected chi connectivity index (χ1v) is 12.0. The second-order valence-electron chi connectivity index (χ2n) is 8.76. The van der Waals surface area contributed by atoms with Crippen molar-refractivity contribution in [3.63, 3.8) is 0 Å². The molecule has 9 heteroatoms. The lowest BCUT2D eigenvalue weighted by Gasteiger charge is -2.23. The zero-order valence-corrected chi connectivity index (χ0v) is 20.7. The Kier molecular flexibility index (Phi) is 6.71. The molecular weight excluding hydrogens is 480 g/mol. The van der Waals surface area contributed by atoms with Gasteiger partial charge in [0.1, 0.15) is 11.9 Å². The van der Waals surface area contributed by atoms with E-state index in [2.05, 4.69) is 34.2 Å². The molecule has 0 radical (unpaired) electrons. The molecule has 1 aliphatic rings. The number of rotatable bonds is 7. The number of methoxy groups -OCH3 is 1. The third kappa shape index (κ3) is 4.57. The van der Waals surface area contributed by atoms with Crippen LogP contribution in [0.4, 0.5) is 5.82 Å². The molecule has 0 amide bonds. The number of aryl methyl sites for hydroxylation is 1. The minimum atomic E-state index is -0.876. The zero-order valence-electron chi connectivity index (χ0n) is 19.9. The van der Waals surface area contributed by atoms with Crippen LogP contribution in [0.5, 0.6) is 0 Å². The number of pyridine rings is 1. The van der Waals surface area contributed by atoms with Gasteiger partial charge in [-0.25, -0.2) is 9.78 Å². The van der Waals surface area contributed by atoms with E-state index in [0.29, 0.717) is 47.7 Å². The van der Waals surface area contributed by atoms with Gasteiger partial charge in [-0.3, -0.25) is 0 Å². The SMILES string of the molecule is COCc1cc(-c2nc(-c3cnc(N4CCC[C@H]4C(=O)O)c(Cl)c3)no2)ccc1-c1ccccc1C. The number of hydrogen-bond donors (Lipinski definition) is 1. The van der Waals surface area contributed by atoms with Crippen molar-refractivity contribution < 1.29 is 19.2 Å². The number of hydrogen-bond acceptors (Lipinski definition) is 7. The van der Waals surface area contributed by atoms with Crippen LogP contribution in [0, 0.1) is 6.92 Å². The fourth-order valence-corrected chi connectivity index (χ4v) is 4.91. The van der Waals surface area contributed by atoms with E-state index in [9.17, 15) is 9.90 Å². The quantitative estimate of drug-likeness (QED) is 0.345. The van der Waals surface area contributed by atoms with Crippen molar-refractivity contribution in [1.29, 1.82) is 0 Å². The third-order valence-corrected chi connectivity index (χ3v) is 6.68. The Balaban J connectivity index is 1.44. The second-order valence-corrected chi connectivity index (χ2v) is 9.17. The van der Waals surface area contributed by atoms with Crippen LogP contribution in [0.1, 0.15) is 24.0 Å². The molecule has 36 heavy (non-hydrogen) atoms. The highest BCUT2D eigenvalue weighted by atomic mass is 35.5. The summed E-state index contributed by atoms with van der Waals surface area (Å²) in [4.78, 5) is 22.3. The average molecular weight is 505 g/mol. The maximum absolute atomic E-state index is 11.6. The van der Waals surface area contributed by atoms with Gasteiger partial charge in [0.15, 0.2) is 0 Å². The van der Waals surface area contributed by atoms with E-state index in [1.165, 1.54) is 5.56 Å². The van der Waals surface area contributed by atoms with Crippen LogP contribution in [0.2, 0.25) is 5.02 Å². The second kappa shape index (κ2) is 10.1. The zero-order chi connectivity index (χ0) is 25.2. The lowest BCUT2D eigenvalue weighted by atomic mass is 9.94. The molecule has 1 N–H and O–H groups in total. The van der Waals surface area contributed by atoms with Gasteiger partial charge >= 0.3 is 5.97 Å². The van der Waals surface area contributed by atoms with Crippen LogP contribution in [-0.4, -0.2) is 45.9 Å². The number of anilines is 1. The summed E-state index contributed by atoms with van der Waals surface area (Å²) in [5, 5.41) is 13.9. The minimum absolute atomic E-state index is 0.344. The van der Waals surface area contributed by atoms with Crippen molar-refractivity contribution in [2.75, 3.05) is 18.6 Å². The Hall–Kier alpha value is -3.75. The average Bonchev–Trinajstić information content (AvgIpc) is 3.55. The predicted molar refractivity (Wildman–Crippen MR) is 137 cm³/mol. The summed E-state index contributed by atoms with van der Waals surface area (Å²) in [7, 11) is 1.67. The molecule has 1 atom stereocenters. The number of carboxylic acids is 1. The van der Waals surface area contributed by atoms with Gasteiger partial charge in [-0.15, -0.1) is 0 Å². The van der Waals surface area contributed by atoms with Crippen molar-refractivity contribution in [2.24, 2.45) is 0 Å². The third-order valence-electron chi connectivity index (χ3n) is 6.40. The molecule has 1 aliphatic heterocycles. The Morgan fingerprint density at radius 2 is 2.03 bits per heavy atom. The maximum atomic E-state index is 11.6. The molecule has 0 aliphatic carbocycles. The van der Waals surface area contributed by atoms with Gasteiger partial charge in [-0.1, -0.05) is 47.1 Å². The summed E-state index contributed by atoms with van der Waals surface area (Å²) in [6.45, 7) is 3.12. The molecule has 2 aromatic heterocycles. The molecule has 3 heterocycles. The van der Waals surface area contributed by atoms with E-state index in [4.69, 9.17) is 20.9 Å². The smallest absolute Gasteiger partial charge is 0.326 e. The van der Waals surface area contributed by atoms with Gasteiger partial charge in [0.05, 0.1) is 11.6 Å². The van der Waals surface area contributed by atoms with E-state index < -0.39 is 12.0 Å². The fraction of sp³-hybridized carbons (Fsp3) is 0.259. The lowest BCUT2D eigenvalue weighted by Crippen LogP contribution is -2.36. The highest BCUT2D eigenvalue weighted by Crippen LogP contribution is 2.34. The molecule has 1 fully saturated rings. The first-order valence-electron chi connectivity index (χ1n) is 11.6. The number of nitrogens with zero attached hydrogens (tertiary/aromatic N) is 4. The highest BCUT2D eigenvalue weighted by molar-refractivity contribution is 6.33. The van der Waals surface area contributed by atoms with E-state index >= 15 is 0 Å². The minimum Gasteiger partial charge on any atom is -0.480 e. The Labute approximate surface area is 213 Å². The van der Waals surface area contributed by atoms with E-state index in [1.54, 1.807) is 24.3 Å². The summed E-state index contributed by atoms with van der Waals surface area (Å²) in [5.74, 6) is 0.284. The lowest BCUT2D eigenvalue weighted by molar-refractivity contribution is -0.138. The predicted octanol–water partition coefficient (Wildman–Crippen LogP) is 5.63. The van der Waals surface area contributed by atoms with Gasteiger partial charge in [-0.05, 0) is 60.2 Å². The Morgan fingerprint density at radius 3 is 2.78 bits per heavy atom. The molecule has 4 aromatic rings. The first-order chi connectivity index (χ1) is 17.5. The summed E-state index contributed by atoms with van der Waals surface area (Å²) < 4.78 is 11.0. The van der Waals surface area contributed by atoms with Crippen LogP contribution >= 0.6 is 11.6 Å². The molecule has 5 rings (SSSR count). The van der Waals surface area contributed by atoms with Crippen LogP contribution in [0.3, 0.4) is 0 Å². The van der Waals surface area contributed by atoms with Gasteiger partial charge < -0.3 is 19.3 Å². The van der Waals surface area contributed by atoms with E-state index in [0.717, 1.165) is 28.7 Å². The molecule has 8 nitrogen and oxygen atoms in total.